The van der Waals surface area contributed by atoms with Crippen LogP contribution in [0.3, 0.4) is 0 Å². The lowest BCUT2D eigenvalue weighted by Gasteiger charge is -2.32. The summed E-state index contributed by atoms with van der Waals surface area (Å²) in [6, 6.07) is 17.0. The van der Waals surface area contributed by atoms with Gasteiger partial charge in [-0.05, 0) is 62.6 Å². The molecule has 0 radical (unpaired) electrons. The number of nitrogens with one attached hydrogen (secondary N) is 1. The van der Waals surface area contributed by atoms with E-state index in [4.69, 9.17) is 9.47 Å². The molecule has 1 saturated heterocycles. The third-order valence-corrected chi connectivity index (χ3v) is 5.12. The molecule has 2 aromatic carbocycles. The van der Waals surface area contributed by atoms with E-state index in [9.17, 15) is 9.59 Å². The van der Waals surface area contributed by atoms with Gasteiger partial charge >= 0.3 is 0 Å². The van der Waals surface area contributed by atoms with E-state index >= 15 is 0 Å². The molecule has 1 heterocycles. The Kier molecular flexibility index (Phi) is 8.12. The third kappa shape index (κ3) is 6.51. The highest BCUT2D eigenvalue weighted by Gasteiger charge is 2.24. The fraction of sp³-hybridized carbons (Fsp3) is 0.417. The van der Waals surface area contributed by atoms with Gasteiger partial charge in [0.2, 0.25) is 5.91 Å². The van der Waals surface area contributed by atoms with Crippen molar-refractivity contribution in [2.24, 2.45) is 0 Å². The van der Waals surface area contributed by atoms with Crippen LogP contribution in [0.15, 0.2) is 54.6 Å². The number of hydrogen-bond acceptors (Lipinski definition) is 4. The van der Waals surface area contributed by atoms with Crippen molar-refractivity contribution in [3.05, 3.63) is 60.2 Å². The number of piperidine rings is 1. The van der Waals surface area contributed by atoms with E-state index in [2.05, 4.69) is 5.32 Å². The van der Waals surface area contributed by atoms with E-state index in [0.29, 0.717) is 44.7 Å². The maximum absolute atomic E-state index is 12.7. The molecule has 1 N–H and O–H groups in total. The molecule has 0 aromatic heterocycles. The molecule has 30 heavy (non-hydrogen) atoms. The lowest BCUT2D eigenvalue weighted by atomic mass is 10.0. The van der Waals surface area contributed by atoms with E-state index in [1.54, 1.807) is 12.1 Å². The van der Waals surface area contributed by atoms with Gasteiger partial charge in [0.25, 0.3) is 5.91 Å². The first-order valence-corrected chi connectivity index (χ1v) is 10.6. The Morgan fingerprint density at radius 2 is 1.63 bits per heavy atom. The van der Waals surface area contributed by atoms with Crippen LogP contribution >= 0.6 is 0 Å². The Bertz CT molecular complexity index is 800. The van der Waals surface area contributed by atoms with Gasteiger partial charge in [0.1, 0.15) is 11.5 Å². The zero-order chi connectivity index (χ0) is 21.2. The van der Waals surface area contributed by atoms with E-state index < -0.39 is 0 Å². The van der Waals surface area contributed by atoms with Gasteiger partial charge in [0, 0.05) is 31.1 Å². The molecule has 0 aliphatic carbocycles. The van der Waals surface area contributed by atoms with E-state index in [-0.39, 0.29) is 17.9 Å². The molecule has 6 nitrogen and oxygen atoms in total. The Hall–Kier alpha value is -3.02. The summed E-state index contributed by atoms with van der Waals surface area (Å²) in [5.41, 5.74) is 0.666. The standard InChI is InChI=1S/C24H30N2O4/c1-2-29-22-12-10-19(11-13-22)24(28)26-16-14-20(15-17-26)25-23(27)9-6-18-30-21-7-4-3-5-8-21/h3-5,7-8,10-13,20H,2,6,9,14-18H2,1H3,(H,25,27). The maximum atomic E-state index is 12.7. The van der Waals surface area contributed by atoms with Gasteiger partial charge < -0.3 is 19.7 Å². The van der Waals surface area contributed by atoms with Crippen LogP contribution in [-0.4, -0.2) is 49.1 Å². The first kappa shape index (κ1) is 21.7. The van der Waals surface area contributed by atoms with E-state index in [1.807, 2.05) is 54.3 Å². The van der Waals surface area contributed by atoms with Gasteiger partial charge in [-0.3, -0.25) is 9.59 Å². The predicted molar refractivity (Wildman–Crippen MR) is 116 cm³/mol. The summed E-state index contributed by atoms with van der Waals surface area (Å²) < 4.78 is 11.0. The fourth-order valence-corrected chi connectivity index (χ4v) is 3.51. The quantitative estimate of drug-likeness (QED) is 0.641. The molecule has 1 fully saturated rings. The molecule has 160 valence electrons. The number of para-hydroxylation sites is 1. The van der Waals surface area contributed by atoms with Crippen LogP contribution in [0, 0.1) is 0 Å². The highest BCUT2D eigenvalue weighted by Crippen LogP contribution is 2.17. The molecule has 2 amide bonds. The van der Waals surface area contributed by atoms with Crippen LogP contribution in [0.2, 0.25) is 0 Å². The summed E-state index contributed by atoms with van der Waals surface area (Å²) in [5, 5.41) is 3.09. The molecule has 0 unspecified atom stereocenters. The third-order valence-electron chi connectivity index (χ3n) is 5.12. The molecular formula is C24H30N2O4. The summed E-state index contributed by atoms with van der Waals surface area (Å²) in [6.07, 6.45) is 2.66. The normalized spacial score (nSPS) is 14.2. The van der Waals surface area contributed by atoms with Crippen LogP contribution in [0.25, 0.3) is 0 Å². The van der Waals surface area contributed by atoms with Crippen molar-refractivity contribution in [1.82, 2.24) is 10.2 Å². The topological polar surface area (TPSA) is 67.9 Å². The maximum Gasteiger partial charge on any atom is 0.253 e. The Labute approximate surface area is 178 Å². The lowest BCUT2D eigenvalue weighted by molar-refractivity contribution is -0.122. The van der Waals surface area contributed by atoms with Crippen LogP contribution < -0.4 is 14.8 Å². The van der Waals surface area contributed by atoms with E-state index in [1.165, 1.54) is 0 Å². The molecular weight excluding hydrogens is 380 g/mol. The van der Waals surface area contributed by atoms with Crippen LogP contribution in [0.4, 0.5) is 0 Å². The summed E-state index contributed by atoms with van der Waals surface area (Å²) in [7, 11) is 0. The monoisotopic (exact) mass is 410 g/mol. The fourth-order valence-electron chi connectivity index (χ4n) is 3.51. The predicted octanol–water partition coefficient (Wildman–Crippen LogP) is 3.67. The number of amides is 2. The van der Waals surface area contributed by atoms with Gasteiger partial charge in [-0.25, -0.2) is 0 Å². The lowest BCUT2D eigenvalue weighted by Crippen LogP contribution is -2.46. The molecule has 1 aliphatic rings. The van der Waals surface area contributed by atoms with Crippen molar-refractivity contribution in [3.63, 3.8) is 0 Å². The molecule has 0 bridgehead atoms. The molecule has 1 aliphatic heterocycles. The zero-order valence-corrected chi connectivity index (χ0v) is 17.5. The molecule has 0 saturated carbocycles. The largest absolute Gasteiger partial charge is 0.494 e. The van der Waals surface area contributed by atoms with Gasteiger partial charge in [-0.1, -0.05) is 18.2 Å². The average Bonchev–Trinajstić information content (AvgIpc) is 2.78. The van der Waals surface area contributed by atoms with Gasteiger partial charge in [0.15, 0.2) is 0 Å². The number of carbonyl (C=O) groups excluding carboxylic acids is 2. The second-order valence-corrected chi connectivity index (χ2v) is 7.36. The number of likely N-dealkylation sites (tertiary alicyclic amines) is 1. The van der Waals surface area contributed by atoms with E-state index in [0.717, 1.165) is 24.3 Å². The first-order valence-electron chi connectivity index (χ1n) is 10.6. The number of nitrogens with zero attached hydrogens (tertiary/aromatic N) is 1. The zero-order valence-electron chi connectivity index (χ0n) is 17.5. The number of hydrogen-bond donors (Lipinski definition) is 1. The van der Waals surface area contributed by atoms with Gasteiger partial charge in [-0.15, -0.1) is 0 Å². The Morgan fingerprint density at radius 1 is 0.967 bits per heavy atom. The van der Waals surface area contributed by atoms with Crippen LogP contribution in [-0.2, 0) is 4.79 Å². The van der Waals surface area contributed by atoms with Crippen molar-refractivity contribution in [3.8, 4) is 11.5 Å². The molecule has 0 atom stereocenters. The summed E-state index contributed by atoms with van der Waals surface area (Å²) in [6.45, 7) is 4.35. The molecule has 2 aromatic rings. The van der Waals surface area contributed by atoms with Crippen molar-refractivity contribution in [1.29, 1.82) is 0 Å². The van der Waals surface area contributed by atoms with Gasteiger partial charge in [0.05, 0.1) is 13.2 Å². The van der Waals surface area contributed by atoms with Crippen molar-refractivity contribution >= 4 is 11.8 Å². The highest BCUT2D eigenvalue weighted by molar-refractivity contribution is 5.94. The smallest absolute Gasteiger partial charge is 0.253 e. The molecule has 3 rings (SSSR count). The molecule has 0 spiro atoms. The summed E-state index contributed by atoms with van der Waals surface area (Å²) in [5.74, 6) is 1.66. The van der Waals surface area contributed by atoms with Crippen molar-refractivity contribution in [2.75, 3.05) is 26.3 Å². The van der Waals surface area contributed by atoms with Crippen molar-refractivity contribution < 1.29 is 19.1 Å². The first-order chi connectivity index (χ1) is 14.7. The minimum absolute atomic E-state index is 0.0286. The number of rotatable bonds is 9. The minimum atomic E-state index is 0.0286. The van der Waals surface area contributed by atoms with Crippen LogP contribution in [0.1, 0.15) is 43.0 Å². The minimum Gasteiger partial charge on any atom is -0.494 e. The summed E-state index contributed by atoms with van der Waals surface area (Å²) in [4.78, 5) is 26.7. The van der Waals surface area contributed by atoms with Crippen molar-refractivity contribution in [2.45, 2.75) is 38.6 Å². The second-order valence-electron chi connectivity index (χ2n) is 7.36. The second kappa shape index (κ2) is 11.2. The van der Waals surface area contributed by atoms with Crippen LogP contribution in [0.5, 0.6) is 11.5 Å². The highest BCUT2D eigenvalue weighted by atomic mass is 16.5. The Balaban J connectivity index is 1.34. The SMILES string of the molecule is CCOc1ccc(C(=O)N2CCC(NC(=O)CCCOc3ccccc3)CC2)cc1. The number of carbonyl (C=O) groups is 2. The summed E-state index contributed by atoms with van der Waals surface area (Å²) >= 11 is 0. The van der Waals surface area contributed by atoms with Gasteiger partial charge in [-0.2, -0.15) is 0 Å². The molecule has 6 heteroatoms. The average molecular weight is 411 g/mol. The number of benzene rings is 2. The Morgan fingerprint density at radius 3 is 2.30 bits per heavy atom. The number of ether oxygens (including phenoxy) is 2.